The molecule has 0 fully saturated rings. The van der Waals surface area contributed by atoms with Gasteiger partial charge in [0.15, 0.2) is 5.11 Å². The van der Waals surface area contributed by atoms with Crippen LogP contribution < -0.4 is 10.6 Å². The van der Waals surface area contributed by atoms with Crippen LogP contribution in [-0.2, 0) is 0 Å². The molecular formula is C24H38Cl2N2OS. The van der Waals surface area contributed by atoms with Gasteiger partial charge in [-0.15, -0.1) is 0 Å². The molecule has 0 aliphatic carbocycles. The van der Waals surface area contributed by atoms with E-state index in [4.69, 9.17) is 35.4 Å². The van der Waals surface area contributed by atoms with E-state index in [9.17, 15) is 4.79 Å². The highest BCUT2D eigenvalue weighted by molar-refractivity contribution is 7.80. The summed E-state index contributed by atoms with van der Waals surface area (Å²) in [5, 5.41) is 6.94. The van der Waals surface area contributed by atoms with E-state index in [0.717, 1.165) is 13.0 Å². The molecule has 0 aliphatic rings. The molecule has 0 unspecified atom stereocenters. The third-order valence-corrected chi connectivity index (χ3v) is 5.85. The van der Waals surface area contributed by atoms with E-state index < -0.39 is 0 Å². The van der Waals surface area contributed by atoms with Gasteiger partial charge in [-0.2, -0.15) is 0 Å². The summed E-state index contributed by atoms with van der Waals surface area (Å²) in [7, 11) is 0. The maximum absolute atomic E-state index is 12.2. The third kappa shape index (κ3) is 14.2. The topological polar surface area (TPSA) is 41.1 Å². The van der Waals surface area contributed by atoms with Crippen LogP contribution in [0.5, 0.6) is 0 Å². The van der Waals surface area contributed by atoms with Crippen molar-refractivity contribution in [2.75, 3.05) is 6.54 Å². The zero-order valence-corrected chi connectivity index (χ0v) is 20.7. The standard InChI is InChI=1S/C24H38Cl2N2OS/c1-2-3-4-5-6-7-8-9-10-11-12-13-14-15-16-27-24(30)28-23(29)20-17-21(25)19-22(26)18-20/h17-19H,2-16H2,1H3,(H2,27,28,29,30). The molecule has 0 aromatic heterocycles. The highest BCUT2D eigenvalue weighted by atomic mass is 35.5. The number of carbonyl (C=O) groups excluding carboxylic acids is 1. The summed E-state index contributed by atoms with van der Waals surface area (Å²) < 4.78 is 0. The first kappa shape index (κ1) is 27.2. The highest BCUT2D eigenvalue weighted by Gasteiger charge is 2.09. The summed E-state index contributed by atoms with van der Waals surface area (Å²) in [4.78, 5) is 12.2. The Bertz CT molecular complexity index is 605. The summed E-state index contributed by atoms with van der Waals surface area (Å²) in [5.41, 5.74) is 0.396. The quantitative estimate of drug-likeness (QED) is 0.188. The van der Waals surface area contributed by atoms with E-state index in [1.165, 1.54) is 83.5 Å². The van der Waals surface area contributed by atoms with Crippen molar-refractivity contribution in [1.82, 2.24) is 10.6 Å². The smallest absolute Gasteiger partial charge is 0.257 e. The van der Waals surface area contributed by atoms with Crippen molar-refractivity contribution >= 4 is 46.4 Å². The number of amides is 1. The molecule has 170 valence electrons. The lowest BCUT2D eigenvalue weighted by molar-refractivity contribution is 0.0976. The largest absolute Gasteiger partial charge is 0.362 e. The number of halogens is 2. The second kappa shape index (κ2) is 17.8. The van der Waals surface area contributed by atoms with Crippen molar-refractivity contribution in [2.24, 2.45) is 0 Å². The molecule has 0 bridgehead atoms. The average Bonchev–Trinajstić information content (AvgIpc) is 2.70. The van der Waals surface area contributed by atoms with Crippen LogP contribution in [0.3, 0.4) is 0 Å². The molecule has 1 rings (SSSR count). The summed E-state index contributed by atoms with van der Waals surface area (Å²) >= 11 is 17.0. The fourth-order valence-electron chi connectivity index (χ4n) is 3.43. The maximum atomic E-state index is 12.2. The fourth-order valence-corrected chi connectivity index (χ4v) is 4.15. The Balaban J connectivity index is 1.93. The van der Waals surface area contributed by atoms with E-state index in [2.05, 4.69) is 17.6 Å². The van der Waals surface area contributed by atoms with Crippen LogP contribution in [0.25, 0.3) is 0 Å². The van der Waals surface area contributed by atoms with Gasteiger partial charge in [-0.1, -0.05) is 114 Å². The lowest BCUT2D eigenvalue weighted by Crippen LogP contribution is -2.39. The fraction of sp³-hybridized carbons (Fsp3) is 0.667. The van der Waals surface area contributed by atoms with E-state index in [1.54, 1.807) is 18.2 Å². The van der Waals surface area contributed by atoms with Crippen LogP contribution in [0.15, 0.2) is 18.2 Å². The summed E-state index contributed by atoms with van der Waals surface area (Å²) in [6.07, 6.45) is 18.7. The van der Waals surface area contributed by atoms with Crippen LogP contribution in [0.1, 0.15) is 107 Å². The first-order chi connectivity index (χ1) is 14.5. The van der Waals surface area contributed by atoms with Gasteiger partial charge in [-0.3, -0.25) is 10.1 Å². The number of unbranched alkanes of at least 4 members (excludes halogenated alkanes) is 13. The number of thiocarbonyl (C=S) groups is 1. The third-order valence-electron chi connectivity index (χ3n) is 5.17. The van der Waals surface area contributed by atoms with Crippen LogP contribution >= 0.6 is 35.4 Å². The molecule has 6 heteroatoms. The highest BCUT2D eigenvalue weighted by Crippen LogP contribution is 2.19. The molecule has 1 aromatic carbocycles. The van der Waals surface area contributed by atoms with E-state index in [-0.39, 0.29) is 5.91 Å². The zero-order chi connectivity index (χ0) is 22.0. The summed E-state index contributed by atoms with van der Waals surface area (Å²) in [6.45, 7) is 3.04. The van der Waals surface area contributed by atoms with Crippen molar-refractivity contribution in [3.8, 4) is 0 Å². The Kier molecular flexibility index (Phi) is 16.1. The molecule has 1 amide bonds. The molecule has 0 saturated heterocycles. The van der Waals surface area contributed by atoms with Crippen molar-refractivity contribution in [1.29, 1.82) is 0 Å². The van der Waals surface area contributed by atoms with Crippen LogP contribution in [-0.4, -0.2) is 17.6 Å². The van der Waals surface area contributed by atoms with E-state index in [0.29, 0.717) is 20.7 Å². The second-order valence-electron chi connectivity index (χ2n) is 7.96. The van der Waals surface area contributed by atoms with Crippen molar-refractivity contribution < 1.29 is 4.79 Å². The minimum absolute atomic E-state index is 0.308. The first-order valence-electron chi connectivity index (χ1n) is 11.6. The van der Waals surface area contributed by atoms with Gasteiger partial charge >= 0.3 is 0 Å². The molecule has 3 nitrogen and oxygen atoms in total. The van der Waals surface area contributed by atoms with Crippen molar-refractivity contribution in [3.63, 3.8) is 0 Å². The normalized spacial score (nSPS) is 10.8. The predicted molar refractivity (Wildman–Crippen MR) is 135 cm³/mol. The van der Waals surface area contributed by atoms with E-state index >= 15 is 0 Å². The van der Waals surface area contributed by atoms with Crippen LogP contribution in [0.4, 0.5) is 0 Å². The predicted octanol–water partition coefficient (Wildman–Crippen LogP) is 8.08. The second-order valence-corrected chi connectivity index (χ2v) is 9.25. The van der Waals surface area contributed by atoms with Crippen LogP contribution in [0, 0.1) is 0 Å². The van der Waals surface area contributed by atoms with Gasteiger partial charge in [-0.25, -0.2) is 0 Å². The van der Waals surface area contributed by atoms with Gasteiger partial charge in [0, 0.05) is 22.2 Å². The Morgan fingerprint density at radius 2 is 1.20 bits per heavy atom. The lowest BCUT2D eigenvalue weighted by Gasteiger charge is -2.10. The van der Waals surface area contributed by atoms with Gasteiger partial charge in [-0.05, 0) is 36.8 Å². The van der Waals surface area contributed by atoms with Gasteiger partial charge in [0.25, 0.3) is 5.91 Å². The molecule has 0 radical (unpaired) electrons. The monoisotopic (exact) mass is 472 g/mol. The molecule has 1 aromatic rings. The van der Waals surface area contributed by atoms with Crippen LogP contribution in [0.2, 0.25) is 10.0 Å². The van der Waals surface area contributed by atoms with Crippen molar-refractivity contribution in [3.05, 3.63) is 33.8 Å². The zero-order valence-electron chi connectivity index (χ0n) is 18.4. The Morgan fingerprint density at radius 1 is 0.767 bits per heavy atom. The Morgan fingerprint density at radius 3 is 1.67 bits per heavy atom. The molecule has 0 saturated carbocycles. The molecule has 0 atom stereocenters. The first-order valence-corrected chi connectivity index (χ1v) is 12.7. The molecule has 2 N–H and O–H groups in total. The number of carbonyl (C=O) groups is 1. The molecule has 30 heavy (non-hydrogen) atoms. The number of nitrogens with one attached hydrogen (secondary N) is 2. The molecular weight excluding hydrogens is 435 g/mol. The Hall–Kier alpha value is -0.840. The molecule has 0 heterocycles. The van der Waals surface area contributed by atoms with Gasteiger partial charge < -0.3 is 5.32 Å². The van der Waals surface area contributed by atoms with Gasteiger partial charge in [0.1, 0.15) is 0 Å². The molecule has 0 aliphatic heterocycles. The SMILES string of the molecule is CCCCCCCCCCCCCCCCNC(=S)NC(=O)c1cc(Cl)cc(Cl)c1. The average molecular weight is 474 g/mol. The Labute approximate surface area is 198 Å². The number of rotatable bonds is 16. The van der Waals surface area contributed by atoms with E-state index in [1.807, 2.05) is 0 Å². The summed E-state index contributed by atoms with van der Waals surface area (Å²) in [5.74, 6) is -0.308. The van der Waals surface area contributed by atoms with Crippen molar-refractivity contribution in [2.45, 2.75) is 96.8 Å². The maximum Gasteiger partial charge on any atom is 0.257 e. The number of hydrogen-bond acceptors (Lipinski definition) is 2. The molecule has 0 spiro atoms. The van der Waals surface area contributed by atoms with Gasteiger partial charge in [0.2, 0.25) is 0 Å². The number of benzene rings is 1. The minimum atomic E-state index is -0.308. The van der Waals surface area contributed by atoms with Gasteiger partial charge in [0.05, 0.1) is 0 Å². The number of hydrogen-bond donors (Lipinski definition) is 2. The lowest BCUT2D eigenvalue weighted by atomic mass is 10.0. The summed E-state index contributed by atoms with van der Waals surface area (Å²) in [6, 6.07) is 4.73. The minimum Gasteiger partial charge on any atom is -0.362 e.